The maximum atomic E-state index is 16.5. The normalized spacial score (nSPS) is 14.4. The Morgan fingerprint density at radius 3 is 0.910 bits per heavy atom. The lowest BCUT2D eigenvalue weighted by atomic mass is 9.14. The minimum absolute atomic E-state index is 0.00514. The fourth-order valence-electron chi connectivity index (χ4n) is 9.05. The van der Waals surface area contributed by atoms with E-state index < -0.39 is 129 Å². The second kappa shape index (κ2) is 20.2. The third-order valence-electron chi connectivity index (χ3n) is 11.9. The van der Waals surface area contributed by atoms with E-state index in [4.69, 9.17) is 23.2 Å². The summed E-state index contributed by atoms with van der Waals surface area (Å²) in [5.41, 5.74) is -6.27. The van der Waals surface area contributed by atoms with Crippen LogP contribution in [0.1, 0.15) is 42.4 Å². The molecule has 0 saturated heterocycles. The molecule has 0 nitrogen and oxygen atoms in total. The van der Waals surface area contributed by atoms with Gasteiger partial charge in [0.1, 0.15) is 64.2 Å². The summed E-state index contributed by atoms with van der Waals surface area (Å²) in [6, 6.07) is 21.2. The monoisotopic (exact) mass is 1010 g/mol. The van der Waals surface area contributed by atoms with E-state index in [0.717, 1.165) is 0 Å². The van der Waals surface area contributed by atoms with Crippen LogP contribution in [0.3, 0.4) is 0 Å². The fraction of sp³-hybridized carbons (Fsp3) is 0.167. The van der Waals surface area contributed by atoms with Gasteiger partial charge in [0.25, 0.3) is 0 Å². The number of rotatable bonds is 8. The van der Waals surface area contributed by atoms with Gasteiger partial charge in [0.05, 0.1) is 11.2 Å². The molecule has 0 bridgehead atoms. The van der Waals surface area contributed by atoms with Crippen LogP contribution >= 0.6 is 30.5 Å². The van der Waals surface area contributed by atoms with Crippen molar-refractivity contribution in [3.05, 3.63) is 200 Å². The predicted octanol–water partition coefficient (Wildman–Crippen LogP) is 12.5. The van der Waals surface area contributed by atoms with E-state index in [0.29, 0.717) is 32.6 Å². The highest BCUT2D eigenvalue weighted by Gasteiger charge is 2.50. The first kappa shape index (κ1) is 51.2. The molecular formula is C48H33BCl2F15P. The molecule has 0 N–H and O–H groups in total. The molecule has 19 heteroatoms. The Labute approximate surface area is 385 Å². The summed E-state index contributed by atoms with van der Waals surface area (Å²) in [7, 11) is -3.33. The molecule has 1 aliphatic carbocycles. The zero-order valence-corrected chi connectivity index (χ0v) is 37.5. The molecule has 1 saturated carbocycles. The Balaban J connectivity index is 0.00000240. The molecule has 0 atom stereocenters. The van der Waals surface area contributed by atoms with Crippen molar-refractivity contribution in [2.24, 2.45) is 0 Å². The zero-order chi connectivity index (χ0) is 49.4. The van der Waals surface area contributed by atoms with Crippen LogP contribution in [0, 0.1) is 108 Å². The largest absolute Gasteiger partial charge is 0.227 e. The van der Waals surface area contributed by atoms with Crippen molar-refractivity contribution < 1.29 is 65.9 Å². The Kier molecular flexibility index (Phi) is 15.4. The first-order valence-corrected chi connectivity index (χ1v) is 22.9. The molecule has 7 rings (SSSR count). The molecule has 6 aromatic carbocycles. The Morgan fingerprint density at radius 2 is 0.642 bits per heavy atom. The summed E-state index contributed by atoms with van der Waals surface area (Å²) >= 11 is 9.53. The van der Waals surface area contributed by atoms with Crippen LogP contribution in [0.25, 0.3) is 0 Å². The summed E-state index contributed by atoms with van der Waals surface area (Å²) in [6.07, 6.45) is -6.23. The zero-order valence-electron chi connectivity index (χ0n) is 35.1. The molecule has 0 heterocycles. The SMILES string of the molecule is Cc1ccccc1[P+](/C=C1\CCCC\C1=C/[B-](c1c(F)c(F)c(F)c(F)c1F)(c1c(F)c(F)c(F)c(F)c1F)c1c(F)c(F)c(F)c(F)c1F)(c1ccccc1C)c1ccccc1C.ClCCl. The first-order chi connectivity index (χ1) is 31.7. The molecule has 0 radical (unpaired) electrons. The average Bonchev–Trinajstić information content (AvgIpc) is 3.31. The summed E-state index contributed by atoms with van der Waals surface area (Å²) in [4.78, 5) is 0. The van der Waals surface area contributed by atoms with Gasteiger partial charge in [-0.2, -0.15) is 0 Å². The van der Waals surface area contributed by atoms with Crippen molar-refractivity contribution in [2.75, 3.05) is 5.34 Å². The quantitative estimate of drug-likeness (QED) is 0.0356. The number of halogens is 17. The van der Waals surface area contributed by atoms with Gasteiger partial charge in [-0.1, -0.05) is 60.2 Å². The lowest BCUT2D eigenvalue weighted by molar-refractivity contribution is 0.380. The maximum absolute atomic E-state index is 16.5. The highest BCUT2D eigenvalue weighted by Crippen LogP contribution is 2.61. The Morgan fingerprint density at radius 1 is 0.403 bits per heavy atom. The average molecular weight is 1010 g/mol. The molecule has 352 valence electrons. The Hall–Kier alpha value is -5.18. The van der Waals surface area contributed by atoms with Gasteiger partial charge >= 0.3 is 0 Å². The highest BCUT2D eigenvalue weighted by molar-refractivity contribution is 7.98. The summed E-state index contributed by atoms with van der Waals surface area (Å²) in [6.45, 7) is 5.38. The van der Waals surface area contributed by atoms with Crippen LogP contribution in [-0.2, 0) is 0 Å². The molecular weight excluding hydrogens is 974 g/mol. The van der Waals surface area contributed by atoms with Crippen molar-refractivity contribution in [3.63, 3.8) is 0 Å². The Bertz CT molecular complexity index is 2630. The second-order valence-electron chi connectivity index (χ2n) is 15.6. The number of benzene rings is 6. The van der Waals surface area contributed by atoms with Crippen LogP contribution in [0.5, 0.6) is 0 Å². The van der Waals surface area contributed by atoms with Crippen LogP contribution in [-0.4, -0.2) is 11.5 Å². The van der Waals surface area contributed by atoms with Gasteiger partial charge in [0.2, 0.25) is 0 Å². The fourth-order valence-corrected chi connectivity index (χ4v) is 13.9. The van der Waals surface area contributed by atoms with Crippen LogP contribution in [0.2, 0.25) is 0 Å². The van der Waals surface area contributed by atoms with Gasteiger partial charge in [-0.25, -0.2) is 71.8 Å². The van der Waals surface area contributed by atoms with E-state index in [1.807, 2.05) is 0 Å². The van der Waals surface area contributed by atoms with Crippen molar-refractivity contribution in [1.29, 1.82) is 0 Å². The van der Waals surface area contributed by atoms with E-state index in [-0.39, 0.29) is 36.2 Å². The molecule has 6 aromatic rings. The number of allylic oxidation sites excluding steroid dienone is 2. The van der Waals surface area contributed by atoms with Gasteiger partial charge in [0, 0.05) is 0 Å². The van der Waals surface area contributed by atoms with Gasteiger partial charge in [-0.3, -0.25) is 0 Å². The lowest BCUT2D eigenvalue weighted by Gasteiger charge is -2.43. The summed E-state index contributed by atoms with van der Waals surface area (Å²) in [5, 5.41) is 2.26. The van der Waals surface area contributed by atoms with E-state index >= 15 is 52.7 Å². The van der Waals surface area contributed by atoms with Crippen molar-refractivity contribution in [2.45, 2.75) is 46.5 Å². The van der Waals surface area contributed by atoms with E-state index in [1.54, 1.807) is 99.4 Å². The third-order valence-corrected chi connectivity index (χ3v) is 16.4. The number of aryl methyl sites for hydroxylation is 3. The van der Waals surface area contributed by atoms with Crippen LogP contribution in [0.15, 0.2) is 95.7 Å². The molecule has 0 aliphatic heterocycles. The molecule has 0 unspecified atom stereocenters. The molecule has 0 spiro atoms. The van der Waals surface area contributed by atoms with E-state index in [1.165, 1.54) is 0 Å². The highest BCUT2D eigenvalue weighted by atomic mass is 35.5. The topological polar surface area (TPSA) is 0 Å². The maximum Gasteiger partial charge on any atom is 0.200 e. The molecule has 0 aromatic heterocycles. The third kappa shape index (κ3) is 8.56. The van der Waals surface area contributed by atoms with E-state index in [9.17, 15) is 13.2 Å². The van der Waals surface area contributed by atoms with Crippen LogP contribution < -0.4 is 32.3 Å². The minimum atomic E-state index is -5.91. The number of hydrogen-bond acceptors (Lipinski definition) is 0. The van der Waals surface area contributed by atoms with Crippen molar-refractivity contribution >= 4 is 68.9 Å². The van der Waals surface area contributed by atoms with Crippen LogP contribution in [0.4, 0.5) is 65.9 Å². The van der Waals surface area contributed by atoms with Crippen molar-refractivity contribution in [1.82, 2.24) is 0 Å². The van der Waals surface area contributed by atoms with Gasteiger partial charge in [0.15, 0.2) is 52.4 Å². The number of hydrogen-bond donors (Lipinski definition) is 0. The van der Waals surface area contributed by atoms with E-state index in [2.05, 4.69) is 0 Å². The lowest BCUT2D eigenvalue weighted by Crippen LogP contribution is -2.72. The second-order valence-corrected chi connectivity index (χ2v) is 19.6. The molecule has 1 fully saturated rings. The first-order valence-electron chi connectivity index (χ1n) is 20.0. The molecule has 0 amide bonds. The summed E-state index contributed by atoms with van der Waals surface area (Å²) in [5.74, 6) is -43.5. The van der Waals surface area contributed by atoms with Gasteiger partial charge in [-0.05, 0) is 86.9 Å². The minimum Gasteiger partial charge on any atom is -0.227 e. The number of alkyl halides is 2. The molecule has 67 heavy (non-hydrogen) atoms. The van der Waals surface area contributed by atoms with Gasteiger partial charge in [-0.15, -0.1) is 39.6 Å². The predicted molar refractivity (Wildman–Crippen MR) is 234 cm³/mol. The molecule has 1 aliphatic rings. The van der Waals surface area contributed by atoms with Crippen molar-refractivity contribution in [3.8, 4) is 0 Å². The standard InChI is InChI=1S/C47H31BF15P.CH2Cl2/c1-22-12-4-9-17-27(22)64(28-18-10-5-13-23(28)2,29-19-11-6-14-24(29)3)21-26-16-8-7-15-25(26)20-48(30-33(49)39(55)45(61)40(56)34(30)50,31-35(51)41(57)46(62)42(58)36(31)52)32-37(53)43(59)47(63)44(60)38(32)54;2-1-3/h4-6,9-14,17-21H,7-8,15-16H2,1-3H3;1H2/b25-20+,26-21+;. The smallest absolute Gasteiger partial charge is 0.200 e. The summed E-state index contributed by atoms with van der Waals surface area (Å²) < 4.78 is 236. The van der Waals surface area contributed by atoms with Gasteiger partial charge < -0.3 is 0 Å².